The van der Waals surface area contributed by atoms with Crippen LogP contribution < -0.4 is 0 Å². The second-order valence-electron chi connectivity index (χ2n) is 5.99. The molecule has 0 radical (unpaired) electrons. The SMILES string of the molecule is C=Cn1cc(CN2CCC[C@@H]([C@H](O)c3nccn3C)C2)cn1. The van der Waals surface area contributed by atoms with Crippen molar-refractivity contribution in [3.8, 4) is 0 Å². The van der Waals surface area contributed by atoms with Crippen molar-refractivity contribution in [1.29, 1.82) is 0 Å². The smallest absolute Gasteiger partial charge is 0.137 e. The molecule has 1 aliphatic heterocycles. The summed E-state index contributed by atoms with van der Waals surface area (Å²) < 4.78 is 3.62. The van der Waals surface area contributed by atoms with E-state index in [9.17, 15) is 5.11 Å². The quantitative estimate of drug-likeness (QED) is 0.912. The zero-order valence-corrected chi connectivity index (χ0v) is 13.0. The van der Waals surface area contributed by atoms with Crippen LogP contribution in [-0.2, 0) is 13.6 Å². The Hall–Kier alpha value is -1.92. The highest BCUT2D eigenvalue weighted by molar-refractivity contribution is 5.17. The number of likely N-dealkylation sites (tertiary alicyclic amines) is 1. The maximum atomic E-state index is 10.6. The van der Waals surface area contributed by atoms with Crippen LogP contribution in [0.1, 0.15) is 30.3 Å². The van der Waals surface area contributed by atoms with Crippen LogP contribution in [0.2, 0.25) is 0 Å². The van der Waals surface area contributed by atoms with Crippen LogP contribution in [0.25, 0.3) is 6.20 Å². The Morgan fingerprint density at radius 2 is 2.41 bits per heavy atom. The zero-order chi connectivity index (χ0) is 15.5. The van der Waals surface area contributed by atoms with Crippen molar-refractivity contribution < 1.29 is 5.11 Å². The fraction of sp³-hybridized carbons (Fsp3) is 0.500. The highest BCUT2D eigenvalue weighted by Gasteiger charge is 2.29. The van der Waals surface area contributed by atoms with E-state index >= 15 is 0 Å². The number of aryl methyl sites for hydroxylation is 1. The molecule has 6 nitrogen and oxygen atoms in total. The minimum Gasteiger partial charge on any atom is -0.385 e. The molecule has 0 saturated carbocycles. The van der Waals surface area contributed by atoms with Gasteiger partial charge in [-0.25, -0.2) is 9.67 Å². The van der Waals surface area contributed by atoms with Crippen molar-refractivity contribution in [2.24, 2.45) is 13.0 Å². The van der Waals surface area contributed by atoms with E-state index in [1.54, 1.807) is 17.1 Å². The minimum absolute atomic E-state index is 0.226. The number of hydrogen-bond donors (Lipinski definition) is 1. The molecule has 1 N–H and O–H groups in total. The van der Waals surface area contributed by atoms with Crippen LogP contribution in [0.4, 0.5) is 0 Å². The highest BCUT2D eigenvalue weighted by Crippen LogP contribution is 2.29. The van der Waals surface area contributed by atoms with Crippen molar-refractivity contribution in [2.45, 2.75) is 25.5 Å². The lowest BCUT2D eigenvalue weighted by molar-refractivity contribution is 0.0405. The third kappa shape index (κ3) is 3.13. The molecule has 0 bridgehead atoms. The molecule has 6 heteroatoms. The molecule has 1 saturated heterocycles. The molecule has 1 aliphatic rings. The Balaban J connectivity index is 1.63. The molecule has 3 heterocycles. The van der Waals surface area contributed by atoms with E-state index < -0.39 is 6.10 Å². The average molecular weight is 301 g/mol. The second-order valence-corrected chi connectivity index (χ2v) is 5.99. The lowest BCUT2D eigenvalue weighted by Crippen LogP contribution is -2.37. The lowest BCUT2D eigenvalue weighted by atomic mass is 9.92. The molecule has 0 unspecified atom stereocenters. The highest BCUT2D eigenvalue weighted by atomic mass is 16.3. The Kier molecular flexibility index (Phi) is 4.40. The van der Waals surface area contributed by atoms with Crippen molar-refractivity contribution in [3.63, 3.8) is 0 Å². The molecule has 118 valence electrons. The Morgan fingerprint density at radius 1 is 1.55 bits per heavy atom. The summed E-state index contributed by atoms with van der Waals surface area (Å²) >= 11 is 0. The summed E-state index contributed by atoms with van der Waals surface area (Å²) in [4.78, 5) is 6.66. The molecule has 0 spiro atoms. The van der Waals surface area contributed by atoms with Crippen molar-refractivity contribution in [1.82, 2.24) is 24.2 Å². The minimum atomic E-state index is -0.501. The molecular formula is C16H23N5O. The van der Waals surface area contributed by atoms with E-state index in [-0.39, 0.29) is 5.92 Å². The average Bonchev–Trinajstić information content (AvgIpc) is 3.15. The van der Waals surface area contributed by atoms with Crippen LogP contribution in [0.5, 0.6) is 0 Å². The third-order valence-electron chi connectivity index (χ3n) is 4.36. The molecule has 22 heavy (non-hydrogen) atoms. The number of rotatable bonds is 5. The van der Waals surface area contributed by atoms with E-state index in [2.05, 4.69) is 21.6 Å². The standard InChI is InChI=1S/C16H23N5O/c1-3-21-11-13(9-18-21)10-20-7-4-5-14(12-20)15(22)16-17-6-8-19(16)2/h3,6,8-9,11,14-15,22H,1,4-5,7,10,12H2,2H3/t14-,15+/m1/s1. The summed E-state index contributed by atoms with van der Waals surface area (Å²) in [5.41, 5.74) is 1.17. The lowest BCUT2D eigenvalue weighted by Gasteiger charge is -2.34. The van der Waals surface area contributed by atoms with E-state index in [4.69, 9.17) is 0 Å². The number of piperidine rings is 1. The van der Waals surface area contributed by atoms with E-state index in [1.165, 1.54) is 5.56 Å². The van der Waals surface area contributed by atoms with E-state index in [0.29, 0.717) is 0 Å². The van der Waals surface area contributed by atoms with Gasteiger partial charge in [-0.1, -0.05) is 6.58 Å². The molecule has 2 aromatic rings. The second kappa shape index (κ2) is 6.46. The number of hydrogen-bond acceptors (Lipinski definition) is 4. The van der Waals surface area contributed by atoms with Gasteiger partial charge in [-0.3, -0.25) is 4.90 Å². The van der Waals surface area contributed by atoms with Gasteiger partial charge in [0.05, 0.1) is 6.20 Å². The predicted octanol–water partition coefficient (Wildman–Crippen LogP) is 1.66. The normalized spacial score (nSPS) is 20.9. The van der Waals surface area contributed by atoms with Crippen molar-refractivity contribution in [3.05, 3.63) is 42.8 Å². The van der Waals surface area contributed by atoms with Crippen LogP contribution in [0.15, 0.2) is 31.4 Å². The van der Waals surface area contributed by atoms with Crippen LogP contribution in [-0.4, -0.2) is 42.4 Å². The van der Waals surface area contributed by atoms with Gasteiger partial charge in [0.15, 0.2) is 0 Å². The van der Waals surface area contributed by atoms with Crippen LogP contribution in [0.3, 0.4) is 0 Å². The van der Waals surface area contributed by atoms with Gasteiger partial charge in [-0.2, -0.15) is 5.10 Å². The first-order chi connectivity index (χ1) is 10.7. The summed E-state index contributed by atoms with van der Waals surface area (Å²) in [5, 5.41) is 14.8. The molecule has 0 aliphatic carbocycles. The maximum Gasteiger partial charge on any atom is 0.137 e. The Labute approximate surface area is 130 Å². The first-order valence-electron chi connectivity index (χ1n) is 7.70. The van der Waals surface area contributed by atoms with Gasteiger partial charge in [-0.05, 0) is 19.4 Å². The largest absolute Gasteiger partial charge is 0.385 e. The number of nitrogens with zero attached hydrogens (tertiary/aromatic N) is 5. The predicted molar refractivity (Wildman–Crippen MR) is 84.8 cm³/mol. The molecule has 2 atom stereocenters. The Morgan fingerprint density at radius 3 is 3.09 bits per heavy atom. The van der Waals surface area contributed by atoms with Gasteiger partial charge in [0.1, 0.15) is 11.9 Å². The monoisotopic (exact) mass is 301 g/mol. The Bertz CT molecular complexity index is 632. The summed E-state index contributed by atoms with van der Waals surface area (Å²) in [5.74, 6) is 0.982. The third-order valence-corrected chi connectivity index (χ3v) is 4.36. The number of aliphatic hydroxyl groups excluding tert-OH is 1. The fourth-order valence-electron chi connectivity index (χ4n) is 3.18. The van der Waals surface area contributed by atoms with Gasteiger partial charge < -0.3 is 9.67 Å². The molecule has 1 fully saturated rings. The maximum absolute atomic E-state index is 10.6. The summed E-state index contributed by atoms with van der Waals surface area (Å²) in [6.07, 6.45) is 10.8. The number of aromatic nitrogens is 4. The van der Waals surface area contributed by atoms with Gasteiger partial charge >= 0.3 is 0 Å². The van der Waals surface area contributed by atoms with Crippen LogP contribution in [0, 0.1) is 5.92 Å². The summed E-state index contributed by atoms with van der Waals surface area (Å²) in [7, 11) is 1.93. The van der Waals surface area contributed by atoms with Gasteiger partial charge in [0, 0.05) is 56.4 Å². The molecule has 3 rings (SSSR count). The van der Waals surface area contributed by atoms with E-state index in [1.807, 2.05) is 30.2 Å². The van der Waals surface area contributed by atoms with Gasteiger partial charge in [0.2, 0.25) is 0 Å². The van der Waals surface area contributed by atoms with E-state index in [0.717, 1.165) is 38.3 Å². The fourth-order valence-corrected chi connectivity index (χ4v) is 3.18. The molecule has 0 amide bonds. The zero-order valence-electron chi connectivity index (χ0n) is 13.0. The number of aliphatic hydroxyl groups is 1. The number of imidazole rings is 1. The molecular weight excluding hydrogens is 278 g/mol. The van der Waals surface area contributed by atoms with Gasteiger partial charge in [0.25, 0.3) is 0 Å². The van der Waals surface area contributed by atoms with Crippen LogP contribution >= 0.6 is 0 Å². The molecule has 2 aromatic heterocycles. The molecule has 0 aromatic carbocycles. The summed E-state index contributed by atoms with van der Waals surface area (Å²) in [6.45, 7) is 6.51. The first kappa shape index (κ1) is 15.0. The first-order valence-corrected chi connectivity index (χ1v) is 7.70. The summed E-state index contributed by atoms with van der Waals surface area (Å²) in [6, 6.07) is 0. The topological polar surface area (TPSA) is 59.1 Å². The van der Waals surface area contributed by atoms with Gasteiger partial charge in [-0.15, -0.1) is 0 Å². The van der Waals surface area contributed by atoms with Crippen molar-refractivity contribution in [2.75, 3.05) is 13.1 Å². The van der Waals surface area contributed by atoms with Crippen molar-refractivity contribution >= 4 is 6.20 Å².